The molecule has 7 heteroatoms. The van der Waals surface area contributed by atoms with Crippen molar-refractivity contribution in [3.63, 3.8) is 0 Å². The molecule has 2 heterocycles. The third-order valence-corrected chi connectivity index (χ3v) is 7.10. The highest BCUT2D eigenvalue weighted by Crippen LogP contribution is 2.31. The molecule has 0 N–H and O–H groups in total. The molecule has 5 rings (SSSR count). The van der Waals surface area contributed by atoms with Gasteiger partial charge in [-0.05, 0) is 86.1 Å². The Morgan fingerprint density at radius 1 is 0.763 bits per heavy atom. The highest BCUT2D eigenvalue weighted by molar-refractivity contribution is 5.98. The second-order valence-corrected chi connectivity index (χ2v) is 9.52. The first kappa shape index (κ1) is 25.3. The van der Waals surface area contributed by atoms with Gasteiger partial charge in [0.25, 0.3) is 11.8 Å². The average molecular weight is 512 g/mol. The van der Waals surface area contributed by atoms with Gasteiger partial charge in [-0.3, -0.25) is 9.59 Å². The van der Waals surface area contributed by atoms with Gasteiger partial charge in [0.05, 0.1) is 18.4 Å². The van der Waals surface area contributed by atoms with Crippen LogP contribution in [0, 0.1) is 19.7 Å². The molecule has 38 heavy (non-hydrogen) atoms. The molecule has 1 aliphatic heterocycles. The van der Waals surface area contributed by atoms with Crippen LogP contribution in [0.3, 0.4) is 0 Å². The maximum absolute atomic E-state index is 13.7. The lowest BCUT2D eigenvalue weighted by Gasteiger charge is -2.34. The second kappa shape index (κ2) is 10.5. The number of methoxy groups -OCH3 is 1. The van der Waals surface area contributed by atoms with Gasteiger partial charge >= 0.3 is 0 Å². The molecule has 6 nitrogen and oxygen atoms in total. The van der Waals surface area contributed by atoms with Crippen LogP contribution in [-0.4, -0.2) is 59.5 Å². The zero-order chi connectivity index (χ0) is 26.8. The van der Waals surface area contributed by atoms with E-state index < -0.39 is 0 Å². The molecule has 1 saturated heterocycles. The lowest BCUT2D eigenvalue weighted by Crippen LogP contribution is -2.50. The molecular formula is C31H30FN3O3. The second-order valence-electron chi connectivity index (χ2n) is 9.52. The van der Waals surface area contributed by atoms with Crippen molar-refractivity contribution in [2.24, 2.45) is 0 Å². The first-order chi connectivity index (χ1) is 18.4. The Bertz CT molecular complexity index is 1450. The quantitative estimate of drug-likeness (QED) is 0.355. The predicted molar refractivity (Wildman–Crippen MR) is 145 cm³/mol. The number of hydrogen-bond acceptors (Lipinski definition) is 3. The molecule has 0 atom stereocenters. The summed E-state index contributed by atoms with van der Waals surface area (Å²) < 4.78 is 20.7. The molecule has 0 radical (unpaired) electrons. The molecule has 0 saturated carbocycles. The summed E-state index contributed by atoms with van der Waals surface area (Å²) in [6.45, 7) is 5.72. The van der Waals surface area contributed by atoms with Crippen molar-refractivity contribution >= 4 is 11.8 Å². The van der Waals surface area contributed by atoms with E-state index in [1.54, 1.807) is 16.9 Å². The van der Waals surface area contributed by atoms with E-state index in [4.69, 9.17) is 4.74 Å². The van der Waals surface area contributed by atoms with Gasteiger partial charge < -0.3 is 19.1 Å². The molecule has 2 amide bonds. The Morgan fingerprint density at radius 3 is 1.92 bits per heavy atom. The van der Waals surface area contributed by atoms with E-state index in [0.29, 0.717) is 37.3 Å². The third kappa shape index (κ3) is 4.92. The Morgan fingerprint density at radius 2 is 1.34 bits per heavy atom. The van der Waals surface area contributed by atoms with Crippen molar-refractivity contribution in [1.29, 1.82) is 0 Å². The summed E-state index contributed by atoms with van der Waals surface area (Å²) in [6, 6.07) is 23.6. The molecule has 3 aromatic carbocycles. The maximum Gasteiger partial charge on any atom is 0.255 e. The van der Waals surface area contributed by atoms with Crippen molar-refractivity contribution < 1.29 is 18.7 Å². The van der Waals surface area contributed by atoms with Gasteiger partial charge in [0.2, 0.25) is 0 Å². The van der Waals surface area contributed by atoms with Crippen LogP contribution in [0.15, 0.2) is 78.9 Å². The summed E-state index contributed by atoms with van der Waals surface area (Å²) in [5, 5.41) is 0. The van der Waals surface area contributed by atoms with Crippen LogP contribution < -0.4 is 4.74 Å². The summed E-state index contributed by atoms with van der Waals surface area (Å²) in [5.41, 5.74) is 5.97. The fourth-order valence-corrected chi connectivity index (χ4v) is 4.88. The van der Waals surface area contributed by atoms with Gasteiger partial charge in [0.15, 0.2) is 0 Å². The minimum atomic E-state index is -0.376. The minimum absolute atomic E-state index is 0.0583. The molecule has 0 unspecified atom stereocenters. The molecular weight excluding hydrogens is 481 g/mol. The fourth-order valence-electron chi connectivity index (χ4n) is 4.88. The number of nitrogens with zero attached hydrogens (tertiary/aromatic N) is 3. The first-order valence-electron chi connectivity index (χ1n) is 12.6. The van der Waals surface area contributed by atoms with Gasteiger partial charge in [-0.1, -0.05) is 17.7 Å². The van der Waals surface area contributed by atoms with E-state index in [1.165, 1.54) is 24.3 Å². The number of ether oxygens (including phenoxy) is 1. The summed E-state index contributed by atoms with van der Waals surface area (Å²) in [5.74, 6) is 0.180. The minimum Gasteiger partial charge on any atom is -0.497 e. The van der Waals surface area contributed by atoms with E-state index in [-0.39, 0.29) is 17.6 Å². The zero-order valence-electron chi connectivity index (χ0n) is 21.8. The standard InChI is InChI=1S/C31H30FN3O3/c1-21-4-12-26(13-5-21)35-22(2)28(20-29(35)23-8-14-27(38-3)15-9-23)31(37)34-18-16-33(17-19-34)30(36)24-6-10-25(32)11-7-24/h4-15,20H,16-19H2,1-3H3. The number of carbonyl (C=O) groups is 2. The number of hydrogen-bond donors (Lipinski definition) is 0. The van der Waals surface area contributed by atoms with Crippen LogP contribution >= 0.6 is 0 Å². The predicted octanol–water partition coefficient (Wildman–Crippen LogP) is 5.51. The highest BCUT2D eigenvalue weighted by atomic mass is 19.1. The van der Waals surface area contributed by atoms with Crippen LogP contribution in [0.1, 0.15) is 32.0 Å². The van der Waals surface area contributed by atoms with Crippen LogP contribution in [0.4, 0.5) is 4.39 Å². The monoisotopic (exact) mass is 511 g/mol. The van der Waals surface area contributed by atoms with E-state index in [1.807, 2.05) is 44.2 Å². The summed E-state index contributed by atoms with van der Waals surface area (Å²) in [4.78, 5) is 30.1. The van der Waals surface area contributed by atoms with Gasteiger partial charge in [0, 0.05) is 43.1 Å². The molecule has 194 valence electrons. The van der Waals surface area contributed by atoms with Crippen molar-refractivity contribution in [3.8, 4) is 22.7 Å². The van der Waals surface area contributed by atoms with Crippen molar-refractivity contribution in [2.45, 2.75) is 13.8 Å². The number of aryl methyl sites for hydroxylation is 1. The maximum atomic E-state index is 13.7. The largest absolute Gasteiger partial charge is 0.497 e. The SMILES string of the molecule is COc1ccc(-c2cc(C(=O)N3CCN(C(=O)c4ccc(F)cc4)CC3)c(C)n2-c2ccc(C)cc2)cc1. The van der Waals surface area contributed by atoms with Gasteiger partial charge in [-0.15, -0.1) is 0 Å². The number of halogens is 1. The summed E-state index contributed by atoms with van der Waals surface area (Å²) >= 11 is 0. The number of piperazine rings is 1. The Labute approximate surface area is 221 Å². The highest BCUT2D eigenvalue weighted by Gasteiger charge is 2.28. The molecule has 0 aliphatic carbocycles. The molecule has 1 fully saturated rings. The average Bonchev–Trinajstić information content (AvgIpc) is 3.30. The Hall–Kier alpha value is -4.39. The van der Waals surface area contributed by atoms with Crippen LogP contribution in [0.25, 0.3) is 16.9 Å². The Balaban J connectivity index is 1.41. The van der Waals surface area contributed by atoms with E-state index in [9.17, 15) is 14.0 Å². The third-order valence-electron chi connectivity index (χ3n) is 7.10. The van der Waals surface area contributed by atoms with Crippen LogP contribution in [0.5, 0.6) is 5.75 Å². The normalized spacial score (nSPS) is 13.5. The number of benzene rings is 3. The summed E-state index contributed by atoms with van der Waals surface area (Å²) in [6.07, 6.45) is 0. The van der Waals surface area contributed by atoms with Crippen LogP contribution in [-0.2, 0) is 0 Å². The molecule has 0 spiro atoms. The van der Waals surface area contributed by atoms with E-state index in [2.05, 4.69) is 28.8 Å². The number of amides is 2. The molecule has 0 bridgehead atoms. The number of aromatic nitrogens is 1. The molecule has 1 aromatic heterocycles. The Kier molecular flexibility index (Phi) is 7.01. The summed E-state index contributed by atoms with van der Waals surface area (Å²) in [7, 11) is 1.64. The van der Waals surface area contributed by atoms with Crippen molar-refractivity contribution in [2.75, 3.05) is 33.3 Å². The fraction of sp³-hybridized carbons (Fsp3) is 0.226. The van der Waals surface area contributed by atoms with E-state index in [0.717, 1.165) is 34.0 Å². The first-order valence-corrected chi connectivity index (χ1v) is 12.6. The molecule has 1 aliphatic rings. The zero-order valence-corrected chi connectivity index (χ0v) is 21.8. The number of rotatable bonds is 5. The van der Waals surface area contributed by atoms with E-state index >= 15 is 0 Å². The van der Waals surface area contributed by atoms with Gasteiger partial charge in [0.1, 0.15) is 11.6 Å². The topological polar surface area (TPSA) is 54.8 Å². The lowest BCUT2D eigenvalue weighted by atomic mass is 10.1. The van der Waals surface area contributed by atoms with Crippen molar-refractivity contribution in [3.05, 3.63) is 107 Å². The van der Waals surface area contributed by atoms with Crippen LogP contribution in [0.2, 0.25) is 0 Å². The molecule has 4 aromatic rings. The lowest BCUT2D eigenvalue weighted by molar-refractivity contribution is 0.0535. The smallest absolute Gasteiger partial charge is 0.255 e. The van der Waals surface area contributed by atoms with Gasteiger partial charge in [-0.25, -0.2) is 4.39 Å². The number of carbonyl (C=O) groups excluding carboxylic acids is 2. The van der Waals surface area contributed by atoms with Gasteiger partial charge in [-0.2, -0.15) is 0 Å². The van der Waals surface area contributed by atoms with Crippen molar-refractivity contribution in [1.82, 2.24) is 14.4 Å².